The van der Waals surface area contributed by atoms with Crippen LogP contribution in [0.15, 0.2) is 59.3 Å². The van der Waals surface area contributed by atoms with Crippen LogP contribution in [0.3, 0.4) is 0 Å². The Morgan fingerprint density at radius 2 is 1.86 bits per heavy atom. The van der Waals surface area contributed by atoms with Gasteiger partial charge >= 0.3 is 0 Å². The number of morpholine rings is 1. The quantitative estimate of drug-likeness (QED) is 0.346. The van der Waals surface area contributed by atoms with E-state index in [1.807, 2.05) is 30.2 Å². The number of hydrogen-bond acceptors (Lipinski definition) is 7. The van der Waals surface area contributed by atoms with Gasteiger partial charge in [0.05, 0.1) is 42.0 Å². The van der Waals surface area contributed by atoms with Crippen LogP contribution in [-0.4, -0.2) is 69.8 Å². The van der Waals surface area contributed by atoms with E-state index < -0.39 is 0 Å². The Bertz CT molecular complexity index is 1560. The highest BCUT2D eigenvalue weighted by molar-refractivity contribution is 5.91. The number of fused-ring (bicyclic) bond motifs is 1. The third-order valence-corrected chi connectivity index (χ3v) is 6.58. The number of hydrogen-bond donors (Lipinski definition) is 0. The van der Waals surface area contributed by atoms with Crippen molar-refractivity contribution < 1.29 is 9.15 Å². The van der Waals surface area contributed by atoms with Crippen LogP contribution in [0, 0.1) is 6.92 Å². The molecule has 4 aromatic heterocycles. The molecular formula is C28H31N7O2. The molecule has 5 aromatic rings. The highest BCUT2D eigenvalue weighted by atomic mass is 16.5. The van der Waals surface area contributed by atoms with E-state index in [4.69, 9.17) is 19.2 Å². The van der Waals surface area contributed by atoms with Crippen molar-refractivity contribution in [3.8, 4) is 28.4 Å². The van der Waals surface area contributed by atoms with Crippen LogP contribution in [0.25, 0.3) is 39.5 Å². The lowest BCUT2D eigenvalue weighted by molar-refractivity contribution is 0.122. The second-order valence-corrected chi connectivity index (χ2v) is 9.87. The predicted molar refractivity (Wildman–Crippen MR) is 144 cm³/mol. The Labute approximate surface area is 215 Å². The number of benzene rings is 1. The highest BCUT2D eigenvalue weighted by Gasteiger charge is 2.22. The first-order valence-electron chi connectivity index (χ1n) is 12.5. The summed E-state index contributed by atoms with van der Waals surface area (Å²) in [5, 5.41) is 9.35. The summed E-state index contributed by atoms with van der Waals surface area (Å²) in [5.41, 5.74) is 7.78. The molecule has 190 valence electrons. The van der Waals surface area contributed by atoms with Crippen LogP contribution in [0.5, 0.6) is 0 Å². The molecule has 9 heteroatoms. The van der Waals surface area contributed by atoms with Crippen molar-refractivity contribution >= 4 is 16.8 Å². The molecule has 0 spiro atoms. The molecule has 1 aromatic carbocycles. The summed E-state index contributed by atoms with van der Waals surface area (Å²) in [4.78, 5) is 9.51. The van der Waals surface area contributed by atoms with E-state index >= 15 is 0 Å². The first-order chi connectivity index (χ1) is 17.9. The second-order valence-electron chi connectivity index (χ2n) is 9.87. The molecule has 0 bridgehead atoms. The van der Waals surface area contributed by atoms with Crippen LogP contribution in [0.1, 0.15) is 11.3 Å². The molecule has 5 heterocycles. The summed E-state index contributed by atoms with van der Waals surface area (Å²) in [6.07, 6.45) is 3.76. The van der Waals surface area contributed by atoms with Crippen LogP contribution in [0.4, 0.5) is 5.69 Å². The smallest absolute Gasteiger partial charge is 0.176 e. The summed E-state index contributed by atoms with van der Waals surface area (Å²) in [6.45, 7) is 5.78. The largest absolute Gasteiger partial charge is 0.452 e. The van der Waals surface area contributed by atoms with Crippen molar-refractivity contribution in [2.75, 3.05) is 45.3 Å². The average Bonchev–Trinajstić information content (AvgIpc) is 3.61. The van der Waals surface area contributed by atoms with Crippen LogP contribution >= 0.6 is 0 Å². The molecule has 0 N–H and O–H groups in total. The van der Waals surface area contributed by atoms with Gasteiger partial charge in [-0.25, -0.2) is 9.67 Å². The molecule has 6 rings (SSSR count). The molecule has 0 radical (unpaired) electrons. The number of pyridine rings is 1. The first-order valence-corrected chi connectivity index (χ1v) is 12.5. The molecule has 0 unspecified atom stereocenters. The molecule has 1 saturated heterocycles. The van der Waals surface area contributed by atoms with E-state index in [0.717, 1.165) is 70.5 Å². The van der Waals surface area contributed by atoms with Crippen molar-refractivity contribution in [1.82, 2.24) is 29.4 Å². The van der Waals surface area contributed by atoms with Gasteiger partial charge in [0, 0.05) is 50.6 Å². The van der Waals surface area contributed by atoms with Gasteiger partial charge in [-0.3, -0.25) is 4.68 Å². The fourth-order valence-electron chi connectivity index (χ4n) is 4.83. The lowest BCUT2D eigenvalue weighted by atomic mass is 10.1. The number of nitrogens with zero attached hydrogens (tertiary/aromatic N) is 7. The lowest BCUT2D eigenvalue weighted by Gasteiger charge is -2.29. The van der Waals surface area contributed by atoms with E-state index in [9.17, 15) is 0 Å². The van der Waals surface area contributed by atoms with Crippen LogP contribution in [0.2, 0.25) is 0 Å². The Morgan fingerprint density at radius 3 is 2.59 bits per heavy atom. The Balaban J connectivity index is 1.52. The molecule has 0 atom stereocenters. The lowest BCUT2D eigenvalue weighted by Crippen LogP contribution is -2.36. The van der Waals surface area contributed by atoms with Gasteiger partial charge < -0.3 is 19.0 Å². The molecule has 1 aliphatic heterocycles. The summed E-state index contributed by atoms with van der Waals surface area (Å²) in [6, 6.07) is 14.7. The SMILES string of the molecule is Cc1cccc(-c2cc(CN(C)C)n(-c3cc(N4CCOCC4)c4oc(-c5cnn(C)c5)cc4n3)n2)c1. The highest BCUT2D eigenvalue weighted by Crippen LogP contribution is 2.35. The maximum absolute atomic E-state index is 6.39. The summed E-state index contributed by atoms with van der Waals surface area (Å²) in [5.74, 6) is 1.51. The minimum absolute atomic E-state index is 0.681. The molecule has 9 nitrogen and oxygen atoms in total. The van der Waals surface area contributed by atoms with E-state index in [1.165, 1.54) is 5.56 Å². The number of ether oxygens (including phenoxy) is 1. The van der Waals surface area contributed by atoms with E-state index in [1.54, 1.807) is 4.68 Å². The summed E-state index contributed by atoms with van der Waals surface area (Å²) in [7, 11) is 6.03. The number of aromatic nitrogens is 5. The number of rotatable bonds is 6. The van der Waals surface area contributed by atoms with Crippen molar-refractivity contribution in [3.63, 3.8) is 0 Å². The zero-order valence-corrected chi connectivity index (χ0v) is 21.7. The predicted octanol–water partition coefficient (Wildman–Crippen LogP) is 4.29. The number of anilines is 1. The molecule has 0 amide bonds. The van der Waals surface area contributed by atoms with Crippen LogP contribution < -0.4 is 4.90 Å². The summed E-state index contributed by atoms with van der Waals surface area (Å²) < 4.78 is 15.8. The molecule has 0 aliphatic carbocycles. The molecule has 0 saturated carbocycles. The van der Waals surface area contributed by atoms with Gasteiger partial charge in [0.15, 0.2) is 11.4 Å². The zero-order valence-electron chi connectivity index (χ0n) is 21.7. The Kier molecular flexibility index (Phi) is 6.02. The maximum atomic E-state index is 6.39. The van der Waals surface area contributed by atoms with Gasteiger partial charge in [0.1, 0.15) is 11.3 Å². The van der Waals surface area contributed by atoms with E-state index in [2.05, 4.69) is 72.3 Å². The number of furan rings is 1. The Hall–Kier alpha value is -3.95. The fourth-order valence-corrected chi connectivity index (χ4v) is 4.83. The van der Waals surface area contributed by atoms with Gasteiger partial charge in [-0.1, -0.05) is 23.8 Å². The third-order valence-electron chi connectivity index (χ3n) is 6.58. The first kappa shape index (κ1) is 23.4. The normalized spacial score (nSPS) is 14.2. The molecule has 1 fully saturated rings. The zero-order chi connectivity index (χ0) is 25.5. The Morgan fingerprint density at radius 1 is 1.03 bits per heavy atom. The minimum Gasteiger partial charge on any atom is -0.452 e. The van der Waals surface area contributed by atoms with Gasteiger partial charge in [-0.15, -0.1) is 0 Å². The van der Waals surface area contributed by atoms with Gasteiger partial charge in [-0.2, -0.15) is 10.2 Å². The van der Waals surface area contributed by atoms with Crippen molar-refractivity contribution in [3.05, 3.63) is 66.1 Å². The maximum Gasteiger partial charge on any atom is 0.176 e. The monoisotopic (exact) mass is 497 g/mol. The van der Waals surface area contributed by atoms with Crippen molar-refractivity contribution in [2.24, 2.45) is 7.05 Å². The fraction of sp³-hybridized carbons (Fsp3) is 0.321. The molecular weight excluding hydrogens is 466 g/mol. The molecule has 37 heavy (non-hydrogen) atoms. The van der Waals surface area contributed by atoms with Crippen molar-refractivity contribution in [2.45, 2.75) is 13.5 Å². The van der Waals surface area contributed by atoms with Gasteiger partial charge in [0.25, 0.3) is 0 Å². The van der Waals surface area contributed by atoms with E-state index in [0.29, 0.717) is 13.2 Å². The topological polar surface area (TPSA) is 77.4 Å². The average molecular weight is 498 g/mol. The van der Waals surface area contributed by atoms with Crippen LogP contribution in [-0.2, 0) is 18.3 Å². The molecule has 1 aliphatic rings. The minimum atomic E-state index is 0.681. The van der Waals surface area contributed by atoms with Gasteiger partial charge in [0.2, 0.25) is 0 Å². The van der Waals surface area contributed by atoms with Gasteiger partial charge in [-0.05, 0) is 33.2 Å². The third kappa shape index (κ3) is 4.63. The standard InChI is InChI=1S/C28H31N7O2/c1-19-6-5-7-20(12-19)23-13-22(18-32(2)3)35(31-23)27-15-25(34-8-10-36-11-9-34)28-24(30-27)14-26(37-28)21-16-29-33(4)17-21/h5-7,12-17H,8-11,18H2,1-4H3. The second kappa shape index (κ2) is 9.49. The van der Waals surface area contributed by atoms with Crippen molar-refractivity contribution in [1.29, 1.82) is 0 Å². The number of aryl methyl sites for hydroxylation is 2. The summed E-state index contributed by atoms with van der Waals surface area (Å²) >= 11 is 0. The van der Waals surface area contributed by atoms with E-state index in [-0.39, 0.29) is 0 Å².